The summed E-state index contributed by atoms with van der Waals surface area (Å²) < 4.78 is 0. The number of carbonyl (C=O) groups is 1. The van der Waals surface area contributed by atoms with Crippen LogP contribution in [0.25, 0.3) is 0 Å². The first-order valence-electron chi connectivity index (χ1n) is 9.39. The minimum absolute atomic E-state index is 0.362. The molecular formula is C21H24N3O2-. The second-order valence-corrected chi connectivity index (χ2v) is 7.31. The van der Waals surface area contributed by atoms with Crippen molar-refractivity contribution < 1.29 is 9.90 Å². The molecule has 0 bridgehead atoms. The Hall–Kier alpha value is -2.40. The molecule has 1 fully saturated rings. The van der Waals surface area contributed by atoms with Gasteiger partial charge in [0.25, 0.3) is 0 Å². The van der Waals surface area contributed by atoms with Crippen molar-refractivity contribution in [2.45, 2.75) is 38.3 Å². The molecule has 5 nitrogen and oxygen atoms in total. The zero-order chi connectivity index (χ0) is 17.9. The third kappa shape index (κ3) is 3.58. The normalized spacial score (nSPS) is 18.5. The maximum absolute atomic E-state index is 11.0. The highest BCUT2D eigenvalue weighted by Crippen LogP contribution is 2.32. The van der Waals surface area contributed by atoms with Crippen molar-refractivity contribution in [2.75, 3.05) is 19.6 Å². The summed E-state index contributed by atoms with van der Waals surface area (Å²) in [4.78, 5) is 19.6. The summed E-state index contributed by atoms with van der Waals surface area (Å²) in [6.07, 6.45) is 3.57. The fourth-order valence-corrected chi connectivity index (χ4v) is 4.24. The van der Waals surface area contributed by atoms with Gasteiger partial charge in [-0.25, -0.2) is 0 Å². The highest BCUT2D eigenvalue weighted by molar-refractivity contribution is 5.62. The lowest BCUT2D eigenvalue weighted by atomic mass is 9.86. The predicted octanol–water partition coefficient (Wildman–Crippen LogP) is 2.16. The van der Waals surface area contributed by atoms with E-state index in [1.807, 2.05) is 6.20 Å². The van der Waals surface area contributed by atoms with Crippen LogP contribution < -0.4 is 5.11 Å². The van der Waals surface area contributed by atoms with Crippen LogP contribution in [-0.4, -0.2) is 40.5 Å². The number of amides is 1. The van der Waals surface area contributed by atoms with E-state index in [1.54, 1.807) is 0 Å². The van der Waals surface area contributed by atoms with Crippen LogP contribution in [0.1, 0.15) is 41.1 Å². The molecule has 2 aromatic rings. The molecule has 1 amide bonds. The number of hydrogen-bond acceptors (Lipinski definition) is 4. The number of carboxylic acid groups (broad SMARTS) is 1. The van der Waals surface area contributed by atoms with E-state index in [9.17, 15) is 9.90 Å². The van der Waals surface area contributed by atoms with Gasteiger partial charge in [-0.3, -0.25) is 9.88 Å². The molecule has 26 heavy (non-hydrogen) atoms. The number of piperidine rings is 1. The Labute approximate surface area is 154 Å². The van der Waals surface area contributed by atoms with Crippen LogP contribution in [-0.2, 0) is 19.5 Å². The molecule has 4 rings (SSSR count). The van der Waals surface area contributed by atoms with Gasteiger partial charge in [-0.05, 0) is 42.0 Å². The Balaban J connectivity index is 1.46. The number of benzene rings is 1. The summed E-state index contributed by atoms with van der Waals surface area (Å²) >= 11 is 0. The van der Waals surface area contributed by atoms with E-state index < -0.39 is 6.09 Å². The van der Waals surface area contributed by atoms with Gasteiger partial charge in [0.05, 0.1) is 0 Å². The molecule has 1 aromatic heterocycles. The number of likely N-dealkylation sites (tertiary alicyclic amines) is 1. The van der Waals surface area contributed by atoms with Crippen molar-refractivity contribution in [3.8, 4) is 0 Å². The first-order chi connectivity index (χ1) is 12.7. The summed E-state index contributed by atoms with van der Waals surface area (Å²) in [5.74, 6) is 0.362. The van der Waals surface area contributed by atoms with Crippen LogP contribution in [0.15, 0.2) is 42.6 Å². The smallest absolute Gasteiger partial charge is 0.136 e. The molecule has 0 spiro atoms. The average molecular weight is 350 g/mol. The van der Waals surface area contributed by atoms with Crippen LogP contribution in [0.3, 0.4) is 0 Å². The second kappa shape index (κ2) is 7.46. The molecule has 1 saturated heterocycles. The van der Waals surface area contributed by atoms with Gasteiger partial charge in [0.2, 0.25) is 0 Å². The maximum atomic E-state index is 11.0. The fourth-order valence-electron chi connectivity index (χ4n) is 4.24. The van der Waals surface area contributed by atoms with Crippen molar-refractivity contribution in [3.05, 3.63) is 65.0 Å². The molecule has 0 unspecified atom stereocenters. The van der Waals surface area contributed by atoms with E-state index in [2.05, 4.69) is 41.3 Å². The minimum Gasteiger partial charge on any atom is -0.530 e. The van der Waals surface area contributed by atoms with E-state index in [0.29, 0.717) is 19.0 Å². The van der Waals surface area contributed by atoms with Gasteiger partial charge in [-0.1, -0.05) is 30.3 Å². The van der Waals surface area contributed by atoms with Gasteiger partial charge in [-0.2, -0.15) is 0 Å². The number of aromatic nitrogens is 1. The van der Waals surface area contributed by atoms with Crippen LogP contribution >= 0.6 is 0 Å². The molecule has 136 valence electrons. The zero-order valence-electron chi connectivity index (χ0n) is 14.9. The SMILES string of the molecule is O=C([O-])N1CCC(c2nccc3c2CCN(Cc2ccccc2)C3)CC1. The van der Waals surface area contributed by atoms with Crippen LogP contribution in [0.4, 0.5) is 4.79 Å². The number of rotatable bonds is 3. The van der Waals surface area contributed by atoms with Crippen molar-refractivity contribution in [1.82, 2.24) is 14.8 Å². The average Bonchev–Trinajstić information content (AvgIpc) is 2.68. The van der Waals surface area contributed by atoms with Gasteiger partial charge in [-0.15, -0.1) is 0 Å². The molecule has 0 aliphatic carbocycles. The van der Waals surface area contributed by atoms with Gasteiger partial charge >= 0.3 is 0 Å². The standard InChI is InChI=1S/C21H25N3O2/c25-21(26)24-12-7-17(8-13-24)20-19-9-11-23(15-18(19)6-10-22-20)14-16-4-2-1-3-5-16/h1-6,10,17H,7-9,11-15H2,(H,25,26)/p-1. The van der Waals surface area contributed by atoms with Crippen LogP contribution in [0, 0.1) is 0 Å². The molecule has 2 aliphatic heterocycles. The molecular weight excluding hydrogens is 326 g/mol. The van der Waals surface area contributed by atoms with Crippen molar-refractivity contribution in [2.24, 2.45) is 0 Å². The Morgan fingerprint density at radius 1 is 1.12 bits per heavy atom. The summed E-state index contributed by atoms with van der Waals surface area (Å²) in [6.45, 7) is 4.08. The van der Waals surface area contributed by atoms with Crippen molar-refractivity contribution >= 4 is 6.09 Å². The fraction of sp³-hybridized carbons (Fsp3) is 0.429. The molecule has 0 atom stereocenters. The molecule has 0 radical (unpaired) electrons. The Bertz CT molecular complexity index is 770. The molecule has 2 aliphatic rings. The summed E-state index contributed by atoms with van der Waals surface area (Å²) in [5.41, 5.74) is 5.31. The van der Waals surface area contributed by atoms with E-state index in [4.69, 9.17) is 4.98 Å². The monoisotopic (exact) mass is 350 g/mol. The molecule has 5 heteroatoms. The lowest BCUT2D eigenvalue weighted by Crippen LogP contribution is -2.45. The third-order valence-electron chi connectivity index (χ3n) is 5.65. The van der Waals surface area contributed by atoms with E-state index >= 15 is 0 Å². The van der Waals surface area contributed by atoms with E-state index in [-0.39, 0.29) is 0 Å². The lowest BCUT2D eigenvalue weighted by Gasteiger charge is -2.36. The van der Waals surface area contributed by atoms with Crippen molar-refractivity contribution in [1.29, 1.82) is 0 Å². The third-order valence-corrected chi connectivity index (χ3v) is 5.65. The van der Waals surface area contributed by atoms with Crippen LogP contribution in [0.5, 0.6) is 0 Å². The predicted molar refractivity (Wildman–Crippen MR) is 97.4 cm³/mol. The summed E-state index contributed by atoms with van der Waals surface area (Å²) in [7, 11) is 0. The summed E-state index contributed by atoms with van der Waals surface area (Å²) in [5, 5.41) is 11.0. The number of nitrogens with zero attached hydrogens (tertiary/aromatic N) is 3. The maximum Gasteiger partial charge on any atom is 0.136 e. The Morgan fingerprint density at radius 2 is 1.88 bits per heavy atom. The molecule has 3 heterocycles. The van der Waals surface area contributed by atoms with Gasteiger partial charge in [0.1, 0.15) is 6.09 Å². The van der Waals surface area contributed by atoms with Crippen LogP contribution in [0.2, 0.25) is 0 Å². The Kier molecular flexibility index (Phi) is 4.89. The highest BCUT2D eigenvalue weighted by atomic mass is 16.4. The largest absolute Gasteiger partial charge is 0.530 e. The second-order valence-electron chi connectivity index (χ2n) is 7.31. The van der Waals surface area contributed by atoms with Gasteiger partial charge in [0, 0.05) is 50.5 Å². The number of pyridine rings is 1. The highest BCUT2D eigenvalue weighted by Gasteiger charge is 2.27. The molecule has 0 N–H and O–H groups in total. The molecule has 0 saturated carbocycles. The van der Waals surface area contributed by atoms with Gasteiger partial charge in [0.15, 0.2) is 0 Å². The zero-order valence-corrected chi connectivity index (χ0v) is 14.9. The van der Waals surface area contributed by atoms with Crippen molar-refractivity contribution in [3.63, 3.8) is 0 Å². The molecule has 1 aromatic carbocycles. The van der Waals surface area contributed by atoms with E-state index in [0.717, 1.165) is 38.9 Å². The Morgan fingerprint density at radius 3 is 2.62 bits per heavy atom. The topological polar surface area (TPSA) is 59.5 Å². The van der Waals surface area contributed by atoms with Gasteiger partial charge < -0.3 is 14.8 Å². The summed E-state index contributed by atoms with van der Waals surface area (Å²) in [6, 6.07) is 12.7. The number of hydrogen-bond donors (Lipinski definition) is 0. The first kappa shape index (κ1) is 17.0. The van der Waals surface area contributed by atoms with E-state index in [1.165, 1.54) is 27.3 Å². The number of carbonyl (C=O) groups excluding carboxylic acids is 1. The lowest BCUT2D eigenvalue weighted by molar-refractivity contribution is -0.266. The quantitative estimate of drug-likeness (QED) is 0.851. The first-order valence-corrected chi connectivity index (χ1v) is 9.39. The number of fused-ring (bicyclic) bond motifs is 1. The minimum atomic E-state index is -1.05.